The third-order valence-corrected chi connectivity index (χ3v) is 4.89. The second-order valence-corrected chi connectivity index (χ2v) is 6.85. The average Bonchev–Trinajstić information content (AvgIpc) is 3.29. The molecule has 0 atom stereocenters. The molecular weight excluding hydrogens is 384 g/mol. The van der Waals surface area contributed by atoms with Crippen LogP contribution in [-0.4, -0.2) is 27.9 Å². The van der Waals surface area contributed by atoms with Crippen LogP contribution in [0.4, 0.5) is 4.79 Å². The number of nitrogens with one attached hydrogen (secondary N) is 1. The second kappa shape index (κ2) is 7.71. The molecule has 0 bridgehead atoms. The molecule has 150 valence electrons. The largest absolute Gasteiger partial charge is 0.478 e. The molecule has 0 spiro atoms. The van der Waals surface area contributed by atoms with Crippen molar-refractivity contribution in [2.24, 2.45) is 0 Å². The SMILES string of the molecule is Cc1c(C(=O)O)cccc1-c1ccc(C=C2NC(=O)N(Cc3ccccc3)C2=O)o1. The average molecular weight is 402 g/mol. The molecule has 1 fully saturated rings. The summed E-state index contributed by atoms with van der Waals surface area (Å²) in [6.07, 6.45) is 1.46. The molecule has 4 rings (SSSR count). The quantitative estimate of drug-likeness (QED) is 0.495. The van der Waals surface area contributed by atoms with Gasteiger partial charge in [0.1, 0.15) is 17.2 Å². The Kier molecular flexibility index (Phi) is 4.93. The molecule has 2 heterocycles. The van der Waals surface area contributed by atoms with E-state index in [9.17, 15) is 19.5 Å². The number of furan rings is 1. The first-order valence-electron chi connectivity index (χ1n) is 9.25. The van der Waals surface area contributed by atoms with Gasteiger partial charge in [-0.3, -0.25) is 9.69 Å². The van der Waals surface area contributed by atoms with Crippen LogP contribution in [0.25, 0.3) is 17.4 Å². The summed E-state index contributed by atoms with van der Waals surface area (Å²) >= 11 is 0. The van der Waals surface area contributed by atoms with Crippen LogP contribution in [0.1, 0.15) is 27.2 Å². The summed E-state index contributed by atoms with van der Waals surface area (Å²) in [5.41, 5.74) is 2.38. The lowest BCUT2D eigenvalue weighted by Crippen LogP contribution is -2.30. The number of urea groups is 1. The number of carboxylic acid groups (broad SMARTS) is 1. The number of rotatable bonds is 5. The third kappa shape index (κ3) is 3.60. The number of hydrogen-bond acceptors (Lipinski definition) is 4. The van der Waals surface area contributed by atoms with Crippen molar-refractivity contribution in [1.82, 2.24) is 10.2 Å². The maximum atomic E-state index is 12.6. The molecule has 2 N–H and O–H groups in total. The van der Waals surface area contributed by atoms with Crippen LogP contribution in [-0.2, 0) is 11.3 Å². The van der Waals surface area contributed by atoms with Crippen LogP contribution in [0.3, 0.4) is 0 Å². The van der Waals surface area contributed by atoms with E-state index in [1.54, 1.807) is 31.2 Å². The van der Waals surface area contributed by atoms with Crippen LogP contribution in [0, 0.1) is 6.92 Å². The molecule has 1 aliphatic heterocycles. The Hall–Kier alpha value is -4.13. The van der Waals surface area contributed by atoms with E-state index in [0.29, 0.717) is 22.6 Å². The Morgan fingerprint density at radius 2 is 1.83 bits per heavy atom. The van der Waals surface area contributed by atoms with Crippen molar-refractivity contribution >= 4 is 24.0 Å². The van der Waals surface area contributed by atoms with Crippen molar-refractivity contribution < 1.29 is 23.9 Å². The maximum Gasteiger partial charge on any atom is 0.335 e. The van der Waals surface area contributed by atoms with Gasteiger partial charge in [0, 0.05) is 11.6 Å². The van der Waals surface area contributed by atoms with Gasteiger partial charge in [-0.1, -0.05) is 42.5 Å². The van der Waals surface area contributed by atoms with Gasteiger partial charge >= 0.3 is 12.0 Å². The molecule has 1 aliphatic rings. The molecule has 7 nitrogen and oxygen atoms in total. The fourth-order valence-corrected chi connectivity index (χ4v) is 3.33. The van der Waals surface area contributed by atoms with Crippen LogP contribution in [0.15, 0.2) is 70.8 Å². The van der Waals surface area contributed by atoms with Gasteiger partial charge < -0.3 is 14.8 Å². The van der Waals surface area contributed by atoms with E-state index < -0.39 is 17.9 Å². The molecular formula is C23H18N2O5. The number of nitrogens with zero attached hydrogens (tertiary/aromatic N) is 1. The first-order chi connectivity index (χ1) is 14.4. The fraction of sp³-hybridized carbons (Fsp3) is 0.0870. The van der Waals surface area contributed by atoms with Crippen LogP contribution >= 0.6 is 0 Å². The van der Waals surface area contributed by atoms with Gasteiger partial charge in [0.25, 0.3) is 5.91 Å². The highest BCUT2D eigenvalue weighted by Gasteiger charge is 2.33. The zero-order valence-electron chi connectivity index (χ0n) is 16.1. The maximum absolute atomic E-state index is 12.6. The summed E-state index contributed by atoms with van der Waals surface area (Å²) in [5.74, 6) is -0.609. The van der Waals surface area contributed by atoms with Gasteiger partial charge in [-0.15, -0.1) is 0 Å². The van der Waals surface area contributed by atoms with Crippen LogP contribution in [0.2, 0.25) is 0 Å². The molecule has 3 aromatic rings. The Bertz CT molecular complexity index is 1180. The summed E-state index contributed by atoms with van der Waals surface area (Å²) in [6, 6.07) is 17.0. The summed E-state index contributed by atoms with van der Waals surface area (Å²) in [7, 11) is 0. The van der Waals surface area contributed by atoms with Gasteiger partial charge in [0.2, 0.25) is 0 Å². The predicted octanol–water partition coefficient (Wildman–Crippen LogP) is 4.05. The van der Waals surface area contributed by atoms with Gasteiger partial charge in [0.05, 0.1) is 12.1 Å². The van der Waals surface area contributed by atoms with Crippen molar-refractivity contribution in [1.29, 1.82) is 0 Å². The van der Waals surface area contributed by atoms with Crippen molar-refractivity contribution in [3.05, 3.63) is 88.8 Å². The molecule has 1 saturated heterocycles. The smallest absolute Gasteiger partial charge is 0.335 e. The molecule has 1 aromatic heterocycles. The van der Waals surface area contributed by atoms with E-state index in [2.05, 4.69) is 5.32 Å². The molecule has 0 radical (unpaired) electrons. The number of carbonyl (C=O) groups is 3. The zero-order valence-corrected chi connectivity index (χ0v) is 16.1. The summed E-state index contributed by atoms with van der Waals surface area (Å²) < 4.78 is 5.79. The number of aromatic carboxylic acids is 1. The fourth-order valence-electron chi connectivity index (χ4n) is 3.33. The molecule has 0 aliphatic carbocycles. The van der Waals surface area contributed by atoms with Gasteiger partial charge in [-0.05, 0) is 36.2 Å². The number of carbonyl (C=O) groups excluding carboxylic acids is 2. The minimum Gasteiger partial charge on any atom is -0.478 e. The molecule has 30 heavy (non-hydrogen) atoms. The van der Waals surface area contributed by atoms with Gasteiger partial charge in [-0.25, -0.2) is 9.59 Å². The van der Waals surface area contributed by atoms with Crippen molar-refractivity contribution in [3.63, 3.8) is 0 Å². The van der Waals surface area contributed by atoms with Gasteiger partial charge in [-0.2, -0.15) is 0 Å². The monoisotopic (exact) mass is 402 g/mol. The minimum absolute atomic E-state index is 0.118. The highest BCUT2D eigenvalue weighted by Crippen LogP contribution is 2.29. The minimum atomic E-state index is -1.01. The Balaban J connectivity index is 1.58. The zero-order chi connectivity index (χ0) is 21.3. The van der Waals surface area contributed by atoms with E-state index in [1.807, 2.05) is 30.3 Å². The van der Waals surface area contributed by atoms with Crippen molar-refractivity contribution in [2.45, 2.75) is 13.5 Å². The van der Waals surface area contributed by atoms with E-state index in [0.717, 1.165) is 10.5 Å². The first-order valence-corrected chi connectivity index (χ1v) is 9.25. The molecule has 0 unspecified atom stereocenters. The Morgan fingerprint density at radius 1 is 1.07 bits per heavy atom. The number of benzene rings is 2. The molecule has 0 saturated carbocycles. The number of imide groups is 1. The van der Waals surface area contributed by atoms with E-state index in [1.165, 1.54) is 12.1 Å². The van der Waals surface area contributed by atoms with Crippen LogP contribution < -0.4 is 5.32 Å². The lowest BCUT2D eigenvalue weighted by molar-refractivity contribution is -0.123. The Labute approximate surface area is 172 Å². The first kappa shape index (κ1) is 19.2. The van der Waals surface area contributed by atoms with E-state index in [4.69, 9.17) is 4.42 Å². The summed E-state index contributed by atoms with van der Waals surface area (Å²) in [6.45, 7) is 1.88. The number of hydrogen-bond donors (Lipinski definition) is 2. The van der Waals surface area contributed by atoms with Crippen molar-refractivity contribution in [2.75, 3.05) is 0 Å². The number of carboxylic acids is 1. The van der Waals surface area contributed by atoms with E-state index in [-0.39, 0.29) is 17.8 Å². The highest BCUT2D eigenvalue weighted by atomic mass is 16.4. The summed E-state index contributed by atoms with van der Waals surface area (Å²) in [4.78, 5) is 37.3. The normalized spacial score (nSPS) is 15.0. The number of amides is 3. The van der Waals surface area contributed by atoms with Crippen LogP contribution in [0.5, 0.6) is 0 Å². The molecule has 2 aromatic carbocycles. The summed E-state index contributed by atoms with van der Waals surface area (Å²) in [5, 5.41) is 11.9. The van der Waals surface area contributed by atoms with Crippen molar-refractivity contribution in [3.8, 4) is 11.3 Å². The predicted molar refractivity (Wildman–Crippen MR) is 109 cm³/mol. The van der Waals surface area contributed by atoms with E-state index >= 15 is 0 Å². The lowest BCUT2D eigenvalue weighted by Gasteiger charge is -2.11. The highest BCUT2D eigenvalue weighted by molar-refractivity contribution is 6.13. The Morgan fingerprint density at radius 3 is 2.57 bits per heavy atom. The van der Waals surface area contributed by atoms with Gasteiger partial charge in [0.15, 0.2) is 0 Å². The second-order valence-electron chi connectivity index (χ2n) is 6.85. The molecule has 3 amide bonds. The third-order valence-electron chi connectivity index (χ3n) is 4.89. The standard InChI is InChI=1S/C23H18N2O5/c1-14-17(8-5-9-18(14)22(27)28)20-11-10-16(30-20)12-19-21(26)25(23(29)24-19)13-15-6-3-2-4-7-15/h2-12H,13H2,1H3,(H,24,29)(H,27,28). The molecule has 7 heteroatoms. The lowest BCUT2D eigenvalue weighted by atomic mass is 10.0. The topological polar surface area (TPSA) is 99.9 Å².